The van der Waals surface area contributed by atoms with Crippen molar-refractivity contribution in [3.63, 3.8) is 0 Å². The summed E-state index contributed by atoms with van der Waals surface area (Å²) in [6, 6.07) is 8.21. The molecular weight excluding hydrogens is 256 g/mol. The zero-order chi connectivity index (χ0) is 13.7. The van der Waals surface area contributed by atoms with Crippen molar-refractivity contribution in [3.8, 4) is 0 Å². The first kappa shape index (κ1) is 13.5. The summed E-state index contributed by atoms with van der Waals surface area (Å²) in [4.78, 5) is 15.6. The number of carbonyl (C=O) groups is 1. The second-order valence-electron chi connectivity index (χ2n) is 4.48. The first-order chi connectivity index (χ1) is 9.15. The second kappa shape index (κ2) is 6.29. The average molecular weight is 272 g/mol. The Bertz CT molecular complexity index is 556. The van der Waals surface area contributed by atoms with Crippen molar-refractivity contribution in [1.82, 2.24) is 4.98 Å². The van der Waals surface area contributed by atoms with Crippen molar-refractivity contribution in [2.45, 2.75) is 19.8 Å². The summed E-state index contributed by atoms with van der Waals surface area (Å²) in [6.07, 6.45) is 4.98. The molecule has 0 fully saturated rings. The van der Waals surface area contributed by atoms with E-state index in [1.165, 1.54) is 23.0 Å². The van der Waals surface area contributed by atoms with Gasteiger partial charge >= 0.3 is 0 Å². The molecule has 0 atom stereocenters. The molecule has 2 rings (SSSR count). The Kier molecular flexibility index (Phi) is 4.47. The number of benzene rings is 1. The molecule has 1 aromatic carbocycles. The van der Waals surface area contributed by atoms with Crippen LogP contribution in [0.4, 0.5) is 5.13 Å². The van der Waals surface area contributed by atoms with Gasteiger partial charge in [-0.15, -0.1) is 11.3 Å². The fourth-order valence-corrected chi connectivity index (χ4v) is 2.13. The van der Waals surface area contributed by atoms with E-state index < -0.39 is 0 Å². The topological polar surface area (TPSA) is 42.0 Å². The van der Waals surface area contributed by atoms with Crippen LogP contribution in [0.3, 0.4) is 0 Å². The van der Waals surface area contributed by atoms with Crippen LogP contribution >= 0.6 is 11.3 Å². The van der Waals surface area contributed by atoms with E-state index in [4.69, 9.17) is 0 Å². The van der Waals surface area contributed by atoms with E-state index in [0.29, 0.717) is 11.0 Å². The van der Waals surface area contributed by atoms with Gasteiger partial charge in [-0.3, -0.25) is 10.1 Å². The van der Waals surface area contributed by atoms with Crippen LogP contribution in [0, 0.1) is 0 Å². The molecule has 0 radical (unpaired) electrons. The Morgan fingerprint density at radius 2 is 2.05 bits per heavy atom. The highest BCUT2D eigenvalue weighted by atomic mass is 32.1. The maximum Gasteiger partial charge on any atom is 0.250 e. The van der Waals surface area contributed by atoms with E-state index in [1.807, 2.05) is 17.5 Å². The van der Waals surface area contributed by atoms with E-state index in [9.17, 15) is 4.79 Å². The highest BCUT2D eigenvalue weighted by Crippen LogP contribution is 2.15. The molecule has 0 spiro atoms. The third-order valence-corrected chi connectivity index (χ3v) is 3.38. The highest BCUT2D eigenvalue weighted by Gasteiger charge is 2.00. The first-order valence-corrected chi connectivity index (χ1v) is 7.01. The Balaban J connectivity index is 1.96. The van der Waals surface area contributed by atoms with Crippen molar-refractivity contribution < 1.29 is 4.79 Å². The molecule has 0 bridgehead atoms. The van der Waals surface area contributed by atoms with Crippen LogP contribution in [-0.4, -0.2) is 10.9 Å². The van der Waals surface area contributed by atoms with Crippen LogP contribution in [0.15, 0.2) is 41.9 Å². The predicted octanol–water partition coefficient (Wildman–Crippen LogP) is 3.92. The zero-order valence-electron chi connectivity index (χ0n) is 11.0. The Morgan fingerprint density at radius 1 is 1.32 bits per heavy atom. The van der Waals surface area contributed by atoms with Crippen molar-refractivity contribution in [2.75, 3.05) is 5.32 Å². The van der Waals surface area contributed by atoms with Gasteiger partial charge in [0.25, 0.3) is 0 Å². The van der Waals surface area contributed by atoms with Crippen molar-refractivity contribution >= 4 is 28.5 Å². The van der Waals surface area contributed by atoms with Crippen LogP contribution in [0.1, 0.15) is 30.9 Å². The van der Waals surface area contributed by atoms with E-state index >= 15 is 0 Å². The normalized spacial score (nSPS) is 11.1. The Morgan fingerprint density at radius 3 is 2.63 bits per heavy atom. The third kappa shape index (κ3) is 4.03. The first-order valence-electron chi connectivity index (χ1n) is 6.13. The second-order valence-corrected chi connectivity index (χ2v) is 5.38. The molecule has 1 amide bonds. The maximum absolute atomic E-state index is 11.6. The van der Waals surface area contributed by atoms with Crippen molar-refractivity contribution in [1.29, 1.82) is 0 Å². The van der Waals surface area contributed by atoms with Gasteiger partial charge in [0.1, 0.15) is 0 Å². The molecule has 2 aromatic rings. The summed E-state index contributed by atoms with van der Waals surface area (Å²) in [6.45, 7) is 4.32. The summed E-state index contributed by atoms with van der Waals surface area (Å²) >= 11 is 1.40. The minimum Gasteiger partial charge on any atom is -0.298 e. The number of hydrogen-bond acceptors (Lipinski definition) is 3. The molecule has 3 nitrogen and oxygen atoms in total. The van der Waals surface area contributed by atoms with E-state index in [-0.39, 0.29) is 5.91 Å². The van der Waals surface area contributed by atoms with Gasteiger partial charge in [0, 0.05) is 17.7 Å². The van der Waals surface area contributed by atoms with Crippen LogP contribution in [0.25, 0.3) is 6.08 Å². The largest absolute Gasteiger partial charge is 0.298 e. The van der Waals surface area contributed by atoms with Gasteiger partial charge in [0.15, 0.2) is 5.13 Å². The molecule has 1 heterocycles. The predicted molar refractivity (Wildman–Crippen MR) is 80.3 cm³/mol. The van der Waals surface area contributed by atoms with Gasteiger partial charge in [0.05, 0.1) is 0 Å². The van der Waals surface area contributed by atoms with Gasteiger partial charge in [-0.05, 0) is 23.1 Å². The van der Waals surface area contributed by atoms with E-state index in [0.717, 1.165) is 5.56 Å². The number of thiazole rings is 1. The Hall–Kier alpha value is -1.94. The highest BCUT2D eigenvalue weighted by molar-refractivity contribution is 7.13. The van der Waals surface area contributed by atoms with Gasteiger partial charge in [-0.2, -0.15) is 0 Å². The lowest BCUT2D eigenvalue weighted by Gasteiger charge is -2.04. The molecule has 0 saturated carbocycles. The van der Waals surface area contributed by atoms with Gasteiger partial charge in [0.2, 0.25) is 5.91 Å². The number of nitrogens with zero attached hydrogens (tertiary/aromatic N) is 1. The minimum absolute atomic E-state index is 0.164. The molecule has 0 saturated heterocycles. The number of anilines is 1. The summed E-state index contributed by atoms with van der Waals surface area (Å²) in [5.74, 6) is 0.356. The summed E-state index contributed by atoms with van der Waals surface area (Å²) in [5, 5.41) is 5.14. The smallest absolute Gasteiger partial charge is 0.250 e. The number of nitrogens with one attached hydrogen (secondary N) is 1. The molecule has 19 heavy (non-hydrogen) atoms. The maximum atomic E-state index is 11.6. The molecule has 0 aliphatic carbocycles. The lowest BCUT2D eigenvalue weighted by molar-refractivity contribution is -0.111. The van der Waals surface area contributed by atoms with E-state index in [2.05, 4.69) is 36.3 Å². The lowest BCUT2D eigenvalue weighted by atomic mass is 10.0. The quantitative estimate of drug-likeness (QED) is 0.857. The van der Waals surface area contributed by atoms with Crippen molar-refractivity contribution in [2.24, 2.45) is 0 Å². The summed E-state index contributed by atoms with van der Waals surface area (Å²) in [5.41, 5.74) is 2.31. The number of amides is 1. The average Bonchev–Trinajstić information content (AvgIpc) is 2.89. The molecule has 0 unspecified atom stereocenters. The standard InChI is InChI=1S/C15H16N2OS/c1-11(2)13-6-3-12(4-7-13)5-8-14(18)17-15-16-9-10-19-15/h3-11H,1-2H3,(H,16,17,18). The zero-order valence-corrected chi connectivity index (χ0v) is 11.8. The fraction of sp³-hybridized carbons (Fsp3) is 0.200. The Labute approximate surface area is 117 Å². The fourth-order valence-electron chi connectivity index (χ4n) is 1.60. The molecule has 1 aromatic heterocycles. The summed E-state index contributed by atoms with van der Waals surface area (Å²) < 4.78 is 0. The van der Waals surface area contributed by atoms with Crippen LogP contribution in [0.5, 0.6) is 0 Å². The molecule has 4 heteroatoms. The summed E-state index contributed by atoms with van der Waals surface area (Å²) in [7, 11) is 0. The molecular formula is C15H16N2OS. The molecule has 1 N–H and O–H groups in total. The van der Waals surface area contributed by atoms with Gasteiger partial charge < -0.3 is 0 Å². The number of rotatable bonds is 4. The number of carbonyl (C=O) groups excluding carboxylic acids is 1. The monoisotopic (exact) mass is 272 g/mol. The molecule has 0 aliphatic heterocycles. The van der Waals surface area contributed by atoms with Crippen molar-refractivity contribution in [3.05, 3.63) is 53.0 Å². The minimum atomic E-state index is -0.164. The van der Waals surface area contributed by atoms with Crippen LogP contribution in [0.2, 0.25) is 0 Å². The number of aromatic nitrogens is 1. The molecule has 0 aliphatic rings. The van der Waals surface area contributed by atoms with Gasteiger partial charge in [-0.1, -0.05) is 38.1 Å². The van der Waals surface area contributed by atoms with Crippen LogP contribution < -0.4 is 5.32 Å². The third-order valence-electron chi connectivity index (χ3n) is 2.69. The number of hydrogen-bond donors (Lipinski definition) is 1. The van der Waals surface area contributed by atoms with Gasteiger partial charge in [-0.25, -0.2) is 4.98 Å². The molecule has 98 valence electrons. The SMILES string of the molecule is CC(C)c1ccc(C=CC(=O)Nc2nccs2)cc1. The van der Waals surface area contributed by atoms with E-state index in [1.54, 1.807) is 12.3 Å². The lowest BCUT2D eigenvalue weighted by Crippen LogP contribution is -2.07. The van der Waals surface area contributed by atoms with Crippen LogP contribution in [-0.2, 0) is 4.79 Å².